The van der Waals surface area contributed by atoms with Crippen LogP contribution < -0.4 is 5.32 Å². The van der Waals surface area contributed by atoms with Crippen LogP contribution in [0.3, 0.4) is 0 Å². The van der Waals surface area contributed by atoms with E-state index in [1.165, 1.54) is 0 Å². The van der Waals surface area contributed by atoms with Gasteiger partial charge in [0.2, 0.25) is 5.91 Å². The van der Waals surface area contributed by atoms with E-state index in [4.69, 9.17) is 28.3 Å². The number of benzene rings is 1. The normalized spacial score (nSPS) is 20.5. The maximum atomic E-state index is 11.9. The van der Waals surface area contributed by atoms with Crippen LogP contribution in [0.1, 0.15) is 30.7 Å². The lowest BCUT2D eigenvalue weighted by Gasteiger charge is -2.05. The number of carbonyl (C=O) groups is 2. The Morgan fingerprint density at radius 1 is 1.30 bits per heavy atom. The highest BCUT2D eigenvalue weighted by molar-refractivity contribution is 6.42. The summed E-state index contributed by atoms with van der Waals surface area (Å²) in [6.45, 7) is 0.399. The predicted molar refractivity (Wildman–Crippen MR) is 77.2 cm³/mol. The quantitative estimate of drug-likeness (QED) is 0.793. The molecule has 1 amide bonds. The van der Waals surface area contributed by atoms with E-state index in [1.807, 2.05) is 6.07 Å². The number of carbonyl (C=O) groups excluding carboxylic acids is 1. The van der Waals surface area contributed by atoms with E-state index >= 15 is 0 Å². The third-order valence-corrected chi connectivity index (χ3v) is 4.10. The molecule has 108 valence electrons. The highest BCUT2D eigenvalue weighted by Crippen LogP contribution is 2.48. The Kier molecular flexibility index (Phi) is 4.89. The van der Waals surface area contributed by atoms with E-state index in [2.05, 4.69) is 5.32 Å². The van der Waals surface area contributed by atoms with Crippen LogP contribution in [0.4, 0.5) is 0 Å². The summed E-state index contributed by atoms with van der Waals surface area (Å²) in [6.07, 6.45) is 1.31. The summed E-state index contributed by atoms with van der Waals surface area (Å²) in [5, 5.41) is 12.3. The van der Waals surface area contributed by atoms with Crippen LogP contribution >= 0.6 is 23.2 Å². The van der Waals surface area contributed by atoms with Gasteiger partial charge < -0.3 is 10.4 Å². The average Bonchev–Trinajstić information content (AvgIpc) is 3.18. The standard InChI is InChI=1S/C14H15Cl2NO3/c15-11-4-3-8(6-12(11)16)9-7-10(9)14(20)17-5-1-2-13(18)19/h3-4,6,9-10H,1-2,5,7H2,(H,17,20)(H,18,19). The number of aliphatic carboxylic acids is 1. The summed E-state index contributed by atoms with van der Waals surface area (Å²) in [6, 6.07) is 5.42. The number of nitrogens with one attached hydrogen (secondary N) is 1. The molecule has 2 atom stereocenters. The van der Waals surface area contributed by atoms with Crippen LogP contribution in [0.2, 0.25) is 10.0 Å². The topological polar surface area (TPSA) is 66.4 Å². The molecule has 0 heterocycles. The van der Waals surface area contributed by atoms with Crippen LogP contribution in [-0.2, 0) is 9.59 Å². The van der Waals surface area contributed by atoms with Crippen LogP contribution in [-0.4, -0.2) is 23.5 Å². The Labute approximate surface area is 127 Å². The van der Waals surface area contributed by atoms with Gasteiger partial charge in [0.1, 0.15) is 0 Å². The minimum Gasteiger partial charge on any atom is -0.481 e. The third kappa shape index (κ3) is 3.87. The van der Waals surface area contributed by atoms with Gasteiger partial charge >= 0.3 is 5.97 Å². The summed E-state index contributed by atoms with van der Waals surface area (Å²) >= 11 is 11.8. The summed E-state index contributed by atoms with van der Waals surface area (Å²) in [7, 11) is 0. The van der Waals surface area contributed by atoms with Crippen molar-refractivity contribution >= 4 is 35.1 Å². The number of carboxylic acids is 1. The Morgan fingerprint density at radius 3 is 2.70 bits per heavy atom. The second-order valence-electron chi connectivity index (χ2n) is 4.91. The third-order valence-electron chi connectivity index (χ3n) is 3.37. The molecule has 0 saturated heterocycles. The summed E-state index contributed by atoms with van der Waals surface area (Å²) in [5.74, 6) is -0.730. The molecule has 2 rings (SSSR count). The molecule has 1 aromatic rings. The summed E-state index contributed by atoms with van der Waals surface area (Å²) in [5.41, 5.74) is 1.02. The predicted octanol–water partition coefficient (Wildman–Crippen LogP) is 3.08. The summed E-state index contributed by atoms with van der Waals surface area (Å²) in [4.78, 5) is 22.2. The van der Waals surface area contributed by atoms with Gasteiger partial charge in [-0.1, -0.05) is 29.3 Å². The highest BCUT2D eigenvalue weighted by atomic mass is 35.5. The molecule has 6 heteroatoms. The number of rotatable bonds is 6. The van der Waals surface area contributed by atoms with Crippen molar-refractivity contribution in [2.75, 3.05) is 6.54 Å². The van der Waals surface area contributed by atoms with Gasteiger partial charge in [0, 0.05) is 18.9 Å². The minimum absolute atomic E-state index is 0.0218. The van der Waals surface area contributed by atoms with Gasteiger partial charge in [0.15, 0.2) is 0 Å². The zero-order valence-electron chi connectivity index (χ0n) is 10.7. The zero-order chi connectivity index (χ0) is 14.7. The molecule has 1 aliphatic rings. The Morgan fingerprint density at radius 2 is 2.05 bits per heavy atom. The first-order valence-corrected chi connectivity index (χ1v) is 7.19. The molecule has 1 saturated carbocycles. The largest absolute Gasteiger partial charge is 0.481 e. The van der Waals surface area contributed by atoms with Crippen molar-refractivity contribution in [3.63, 3.8) is 0 Å². The molecule has 0 aliphatic heterocycles. The Balaban J connectivity index is 1.80. The fourth-order valence-electron chi connectivity index (χ4n) is 2.18. The molecule has 2 unspecified atom stereocenters. The molecule has 0 radical (unpaired) electrons. The van der Waals surface area contributed by atoms with Crippen molar-refractivity contribution in [3.05, 3.63) is 33.8 Å². The molecule has 1 fully saturated rings. The van der Waals surface area contributed by atoms with Crippen LogP contribution in [0.25, 0.3) is 0 Å². The van der Waals surface area contributed by atoms with Crippen molar-refractivity contribution in [1.82, 2.24) is 5.32 Å². The fourth-order valence-corrected chi connectivity index (χ4v) is 2.49. The molecule has 4 nitrogen and oxygen atoms in total. The lowest BCUT2D eigenvalue weighted by molar-refractivity contribution is -0.137. The van der Waals surface area contributed by atoms with Crippen molar-refractivity contribution in [1.29, 1.82) is 0 Å². The molecule has 0 aromatic heterocycles. The lowest BCUT2D eigenvalue weighted by atomic mass is 10.1. The van der Waals surface area contributed by atoms with Crippen LogP contribution in [0, 0.1) is 5.92 Å². The van der Waals surface area contributed by atoms with Gasteiger partial charge in [-0.05, 0) is 36.5 Å². The molecular formula is C14H15Cl2NO3. The van der Waals surface area contributed by atoms with E-state index in [1.54, 1.807) is 12.1 Å². The zero-order valence-corrected chi connectivity index (χ0v) is 12.2. The van der Waals surface area contributed by atoms with Crippen molar-refractivity contribution in [3.8, 4) is 0 Å². The maximum Gasteiger partial charge on any atom is 0.303 e. The number of carboxylic acid groups (broad SMARTS) is 1. The van der Waals surface area contributed by atoms with Crippen LogP contribution in [0.15, 0.2) is 18.2 Å². The van der Waals surface area contributed by atoms with Crippen molar-refractivity contribution < 1.29 is 14.7 Å². The molecule has 20 heavy (non-hydrogen) atoms. The van der Waals surface area contributed by atoms with Gasteiger partial charge in [0.25, 0.3) is 0 Å². The van der Waals surface area contributed by atoms with E-state index in [0.29, 0.717) is 23.0 Å². The van der Waals surface area contributed by atoms with Gasteiger partial charge in [-0.15, -0.1) is 0 Å². The van der Waals surface area contributed by atoms with E-state index in [-0.39, 0.29) is 24.2 Å². The molecule has 1 aromatic carbocycles. The van der Waals surface area contributed by atoms with Gasteiger partial charge in [-0.2, -0.15) is 0 Å². The second kappa shape index (κ2) is 6.46. The van der Waals surface area contributed by atoms with Crippen molar-refractivity contribution in [2.45, 2.75) is 25.2 Å². The fraction of sp³-hybridized carbons (Fsp3) is 0.429. The van der Waals surface area contributed by atoms with Gasteiger partial charge in [-0.3, -0.25) is 9.59 Å². The van der Waals surface area contributed by atoms with Crippen molar-refractivity contribution in [2.24, 2.45) is 5.92 Å². The van der Waals surface area contributed by atoms with Gasteiger partial charge in [-0.25, -0.2) is 0 Å². The summed E-state index contributed by atoms with van der Waals surface area (Å²) < 4.78 is 0. The number of hydrogen-bond donors (Lipinski definition) is 2. The lowest BCUT2D eigenvalue weighted by Crippen LogP contribution is -2.26. The first-order valence-electron chi connectivity index (χ1n) is 6.43. The number of hydrogen-bond acceptors (Lipinski definition) is 2. The molecule has 2 N–H and O–H groups in total. The maximum absolute atomic E-state index is 11.9. The first-order chi connectivity index (χ1) is 9.49. The second-order valence-corrected chi connectivity index (χ2v) is 5.72. The average molecular weight is 316 g/mol. The molecule has 1 aliphatic carbocycles. The molecule has 0 bridgehead atoms. The van der Waals surface area contributed by atoms with Crippen LogP contribution in [0.5, 0.6) is 0 Å². The van der Waals surface area contributed by atoms with Gasteiger partial charge in [0.05, 0.1) is 10.0 Å². The van der Waals surface area contributed by atoms with E-state index in [0.717, 1.165) is 12.0 Å². The minimum atomic E-state index is -0.848. The van der Waals surface area contributed by atoms with E-state index in [9.17, 15) is 9.59 Å². The smallest absolute Gasteiger partial charge is 0.303 e. The molecular weight excluding hydrogens is 301 g/mol. The first kappa shape index (κ1) is 15.1. The monoisotopic (exact) mass is 315 g/mol. The Bertz CT molecular complexity index is 533. The highest BCUT2D eigenvalue weighted by Gasteiger charge is 2.43. The number of amides is 1. The number of halogens is 2. The Hall–Kier alpha value is -1.26. The molecule has 0 spiro atoms. The SMILES string of the molecule is O=C(O)CCCNC(=O)C1CC1c1ccc(Cl)c(Cl)c1. The van der Waals surface area contributed by atoms with E-state index < -0.39 is 5.97 Å².